The molecular formula is C13H19N3O6. The quantitative estimate of drug-likeness (QED) is 0.370. The van der Waals surface area contributed by atoms with Crippen LogP contribution in [0.4, 0.5) is 0 Å². The number of nitrogens with two attached hydrogens (primary N) is 3. The molecule has 0 aliphatic heterocycles. The number of hydrogen-bond acceptors (Lipinski definition) is 6. The lowest BCUT2D eigenvalue weighted by Crippen LogP contribution is -2.34. The Labute approximate surface area is 126 Å². The van der Waals surface area contributed by atoms with Crippen molar-refractivity contribution < 1.29 is 29.7 Å². The molecular weight excluding hydrogens is 294 g/mol. The Bertz CT molecular complexity index is 517. The maximum absolute atomic E-state index is 10.4. The topological polar surface area (TPSA) is 190 Å². The minimum Gasteiger partial charge on any atom is -0.508 e. The van der Waals surface area contributed by atoms with Crippen molar-refractivity contribution in [3.05, 3.63) is 29.8 Å². The lowest BCUT2D eigenvalue weighted by Gasteiger charge is -2.05. The van der Waals surface area contributed by atoms with Gasteiger partial charge in [-0.25, -0.2) is 0 Å². The standard InChI is InChI=1S/C9H11NO3.C4H8N2O3/c10-8(9(12)13)5-6-1-3-7(11)4-2-6;5-2(4(8)9)1-3(6)7/h1-4,8,11H,5,10H2,(H,12,13);2H,1,5H2,(H2,6,7)(H,8,9)/t8-;2-/m00/s1. The smallest absolute Gasteiger partial charge is 0.321 e. The van der Waals surface area contributed by atoms with Crippen LogP contribution in [-0.4, -0.2) is 45.2 Å². The largest absolute Gasteiger partial charge is 0.508 e. The Morgan fingerprint density at radius 3 is 1.73 bits per heavy atom. The summed E-state index contributed by atoms with van der Waals surface area (Å²) in [7, 11) is 0. The number of carbonyl (C=O) groups is 3. The van der Waals surface area contributed by atoms with E-state index in [0.29, 0.717) is 0 Å². The number of phenolic OH excluding ortho intramolecular Hbond substituents is 1. The number of carboxylic acids is 2. The maximum atomic E-state index is 10.4. The third-order valence-corrected chi connectivity index (χ3v) is 2.45. The van der Waals surface area contributed by atoms with Crippen LogP contribution in [0.2, 0.25) is 0 Å². The van der Waals surface area contributed by atoms with Gasteiger partial charge < -0.3 is 32.5 Å². The molecule has 0 bridgehead atoms. The van der Waals surface area contributed by atoms with E-state index in [2.05, 4.69) is 5.73 Å². The van der Waals surface area contributed by atoms with E-state index in [-0.39, 0.29) is 18.6 Å². The molecule has 0 radical (unpaired) electrons. The number of hydrogen-bond donors (Lipinski definition) is 6. The number of primary amides is 1. The van der Waals surface area contributed by atoms with Gasteiger partial charge in [0.15, 0.2) is 0 Å². The Morgan fingerprint density at radius 1 is 0.955 bits per heavy atom. The molecule has 0 aromatic heterocycles. The molecule has 1 amide bonds. The molecule has 0 saturated heterocycles. The Balaban J connectivity index is 0.000000433. The van der Waals surface area contributed by atoms with Gasteiger partial charge in [0.05, 0.1) is 6.42 Å². The van der Waals surface area contributed by atoms with Crippen LogP contribution in [0.1, 0.15) is 12.0 Å². The molecule has 1 aromatic carbocycles. The van der Waals surface area contributed by atoms with Crippen LogP contribution >= 0.6 is 0 Å². The second kappa shape index (κ2) is 9.32. The summed E-state index contributed by atoms with van der Waals surface area (Å²) < 4.78 is 0. The molecule has 0 unspecified atom stereocenters. The first-order valence-electron chi connectivity index (χ1n) is 6.16. The minimum absolute atomic E-state index is 0.160. The minimum atomic E-state index is -1.21. The highest BCUT2D eigenvalue weighted by molar-refractivity contribution is 5.83. The second-order valence-electron chi connectivity index (χ2n) is 4.43. The predicted molar refractivity (Wildman–Crippen MR) is 76.8 cm³/mol. The van der Waals surface area contributed by atoms with Crippen LogP contribution in [-0.2, 0) is 20.8 Å². The van der Waals surface area contributed by atoms with Crippen LogP contribution < -0.4 is 17.2 Å². The fourth-order valence-electron chi connectivity index (χ4n) is 1.28. The monoisotopic (exact) mass is 313 g/mol. The van der Waals surface area contributed by atoms with E-state index in [1.54, 1.807) is 12.1 Å². The van der Waals surface area contributed by atoms with Gasteiger partial charge in [0.2, 0.25) is 5.91 Å². The van der Waals surface area contributed by atoms with E-state index in [0.717, 1.165) is 5.56 Å². The first kappa shape index (κ1) is 19.4. The molecule has 0 fully saturated rings. The van der Waals surface area contributed by atoms with E-state index in [4.69, 9.17) is 26.8 Å². The maximum Gasteiger partial charge on any atom is 0.321 e. The average molecular weight is 313 g/mol. The zero-order valence-electron chi connectivity index (χ0n) is 11.7. The Kier molecular flexibility index (Phi) is 8.19. The van der Waals surface area contributed by atoms with Gasteiger partial charge in [0.1, 0.15) is 17.8 Å². The number of aliphatic carboxylic acids is 2. The van der Waals surface area contributed by atoms with Gasteiger partial charge in [-0.05, 0) is 24.1 Å². The van der Waals surface area contributed by atoms with Crippen molar-refractivity contribution in [2.75, 3.05) is 0 Å². The molecule has 1 aromatic rings. The SMILES string of the molecule is NC(=O)C[C@H](N)C(=O)O.N[C@@H](Cc1ccc(O)cc1)C(=O)O. The van der Waals surface area contributed by atoms with Crippen LogP contribution in [0.15, 0.2) is 24.3 Å². The number of phenols is 1. The molecule has 22 heavy (non-hydrogen) atoms. The number of aromatic hydroxyl groups is 1. The molecule has 0 saturated carbocycles. The molecule has 9 N–H and O–H groups in total. The summed E-state index contributed by atoms with van der Waals surface area (Å²) in [5.41, 5.74) is 15.7. The van der Waals surface area contributed by atoms with Gasteiger partial charge in [-0.15, -0.1) is 0 Å². The normalized spacial score (nSPS) is 12.5. The van der Waals surface area contributed by atoms with Gasteiger partial charge in [-0.1, -0.05) is 12.1 Å². The summed E-state index contributed by atoms with van der Waals surface area (Å²) in [5.74, 6) is -2.78. The molecule has 0 heterocycles. The van der Waals surface area contributed by atoms with Gasteiger partial charge in [0, 0.05) is 0 Å². The molecule has 0 spiro atoms. The highest BCUT2D eigenvalue weighted by atomic mass is 16.4. The van der Waals surface area contributed by atoms with Crippen LogP contribution in [0, 0.1) is 0 Å². The van der Waals surface area contributed by atoms with Crippen molar-refractivity contribution in [2.24, 2.45) is 17.2 Å². The number of carbonyl (C=O) groups excluding carboxylic acids is 1. The molecule has 9 heteroatoms. The summed E-state index contributed by atoms with van der Waals surface area (Å²) in [6.07, 6.45) is -0.0368. The van der Waals surface area contributed by atoms with E-state index in [9.17, 15) is 14.4 Å². The summed E-state index contributed by atoms with van der Waals surface area (Å²) in [4.78, 5) is 30.3. The number of rotatable bonds is 6. The molecule has 2 atom stereocenters. The number of carboxylic acid groups (broad SMARTS) is 2. The van der Waals surface area contributed by atoms with Crippen molar-refractivity contribution in [2.45, 2.75) is 24.9 Å². The fraction of sp³-hybridized carbons (Fsp3) is 0.308. The molecule has 1 rings (SSSR count). The van der Waals surface area contributed by atoms with Crippen molar-refractivity contribution in [3.63, 3.8) is 0 Å². The fourth-order valence-corrected chi connectivity index (χ4v) is 1.28. The zero-order valence-corrected chi connectivity index (χ0v) is 11.7. The lowest BCUT2D eigenvalue weighted by atomic mass is 10.1. The average Bonchev–Trinajstić information content (AvgIpc) is 2.41. The van der Waals surface area contributed by atoms with Gasteiger partial charge in [-0.2, -0.15) is 0 Å². The van der Waals surface area contributed by atoms with E-state index < -0.39 is 29.9 Å². The molecule has 0 aliphatic carbocycles. The first-order chi connectivity index (χ1) is 10.1. The van der Waals surface area contributed by atoms with Crippen molar-refractivity contribution in [3.8, 4) is 5.75 Å². The van der Waals surface area contributed by atoms with Crippen LogP contribution in [0.3, 0.4) is 0 Å². The van der Waals surface area contributed by atoms with E-state index >= 15 is 0 Å². The second-order valence-corrected chi connectivity index (χ2v) is 4.43. The summed E-state index contributed by atoms with van der Waals surface area (Å²) >= 11 is 0. The molecule has 0 aliphatic rings. The van der Waals surface area contributed by atoms with Gasteiger partial charge in [-0.3, -0.25) is 14.4 Å². The van der Waals surface area contributed by atoms with Gasteiger partial charge in [0.25, 0.3) is 0 Å². The van der Waals surface area contributed by atoms with Crippen molar-refractivity contribution in [1.82, 2.24) is 0 Å². The Hall–Kier alpha value is -2.65. The molecule has 9 nitrogen and oxygen atoms in total. The lowest BCUT2D eigenvalue weighted by molar-refractivity contribution is -0.140. The number of benzene rings is 1. The molecule has 122 valence electrons. The third-order valence-electron chi connectivity index (χ3n) is 2.45. The third kappa shape index (κ3) is 8.51. The first-order valence-corrected chi connectivity index (χ1v) is 6.16. The predicted octanol–water partition coefficient (Wildman–Crippen LogP) is -1.38. The van der Waals surface area contributed by atoms with Crippen LogP contribution in [0.5, 0.6) is 5.75 Å². The summed E-state index contributed by atoms with van der Waals surface area (Å²) in [5, 5.41) is 25.6. The zero-order chi connectivity index (χ0) is 17.3. The summed E-state index contributed by atoms with van der Waals surface area (Å²) in [6, 6.07) is 4.26. The van der Waals surface area contributed by atoms with Crippen molar-refractivity contribution >= 4 is 17.8 Å². The van der Waals surface area contributed by atoms with Gasteiger partial charge >= 0.3 is 11.9 Å². The van der Waals surface area contributed by atoms with E-state index in [1.165, 1.54) is 12.1 Å². The van der Waals surface area contributed by atoms with Crippen LogP contribution in [0.25, 0.3) is 0 Å². The number of amides is 1. The highest BCUT2D eigenvalue weighted by Crippen LogP contribution is 2.10. The summed E-state index contributed by atoms with van der Waals surface area (Å²) in [6.45, 7) is 0. The Morgan fingerprint density at radius 2 is 1.41 bits per heavy atom. The highest BCUT2D eigenvalue weighted by Gasteiger charge is 2.13. The van der Waals surface area contributed by atoms with E-state index in [1.807, 2.05) is 0 Å². The van der Waals surface area contributed by atoms with Crippen molar-refractivity contribution in [1.29, 1.82) is 0 Å².